The van der Waals surface area contributed by atoms with Crippen molar-refractivity contribution >= 4 is 17.8 Å². The first-order chi connectivity index (χ1) is 10.6. The molecule has 0 aromatic rings. The number of urea groups is 1. The molecule has 6 heteroatoms. The molecular formula is C16H27N3O3. The lowest BCUT2D eigenvalue weighted by molar-refractivity contribution is -0.126. The molecule has 0 bridgehead atoms. The highest BCUT2D eigenvalue weighted by Gasteiger charge is 2.32. The lowest BCUT2D eigenvalue weighted by atomic mass is 9.96. The van der Waals surface area contributed by atoms with Crippen LogP contribution in [0.5, 0.6) is 0 Å². The van der Waals surface area contributed by atoms with Crippen molar-refractivity contribution in [1.82, 2.24) is 15.1 Å². The van der Waals surface area contributed by atoms with Crippen LogP contribution in [0.4, 0.5) is 4.79 Å². The number of hydrogen-bond donors (Lipinski definition) is 1. The third-order valence-corrected chi connectivity index (χ3v) is 4.49. The average Bonchev–Trinajstić information content (AvgIpc) is 2.68. The highest BCUT2D eigenvalue weighted by atomic mass is 16.2. The maximum absolute atomic E-state index is 12.0. The van der Waals surface area contributed by atoms with Gasteiger partial charge in [-0.25, -0.2) is 4.79 Å². The normalized spacial score (nSPS) is 21.0. The summed E-state index contributed by atoms with van der Waals surface area (Å²) in [4.78, 5) is 38.0. The second kappa shape index (κ2) is 8.15. The third-order valence-electron chi connectivity index (χ3n) is 4.49. The monoisotopic (exact) mass is 309 g/mol. The van der Waals surface area contributed by atoms with Gasteiger partial charge in [-0.05, 0) is 19.3 Å². The lowest BCUT2D eigenvalue weighted by Gasteiger charge is -2.21. The summed E-state index contributed by atoms with van der Waals surface area (Å²) in [7, 11) is 1.61. The molecule has 4 amide bonds. The smallest absolute Gasteiger partial charge is 0.326 e. The molecule has 2 aliphatic rings. The van der Waals surface area contributed by atoms with Crippen molar-refractivity contribution < 1.29 is 14.4 Å². The number of carbonyl (C=O) groups is 3. The Labute approximate surface area is 132 Å². The first-order valence-corrected chi connectivity index (χ1v) is 8.43. The summed E-state index contributed by atoms with van der Waals surface area (Å²) < 4.78 is 0. The van der Waals surface area contributed by atoms with Crippen molar-refractivity contribution in [2.45, 2.75) is 63.8 Å². The van der Waals surface area contributed by atoms with Crippen LogP contribution in [0.2, 0.25) is 0 Å². The SMILES string of the molecule is CN1CC(=O)N(CCCC(=O)NC2CCCCCCC2)C1=O. The largest absolute Gasteiger partial charge is 0.353 e. The van der Waals surface area contributed by atoms with Crippen LogP contribution < -0.4 is 5.32 Å². The van der Waals surface area contributed by atoms with Crippen molar-refractivity contribution in [2.75, 3.05) is 20.1 Å². The summed E-state index contributed by atoms with van der Waals surface area (Å²) in [5.74, 6) is -0.133. The van der Waals surface area contributed by atoms with E-state index in [9.17, 15) is 14.4 Å². The minimum absolute atomic E-state index is 0.0398. The molecule has 1 aliphatic carbocycles. The van der Waals surface area contributed by atoms with Crippen LogP contribution >= 0.6 is 0 Å². The van der Waals surface area contributed by atoms with E-state index in [1.54, 1.807) is 7.05 Å². The summed E-state index contributed by atoms with van der Waals surface area (Å²) >= 11 is 0. The van der Waals surface area contributed by atoms with Gasteiger partial charge in [-0.1, -0.05) is 32.1 Å². The Bertz CT molecular complexity index is 417. The number of carbonyl (C=O) groups excluding carboxylic acids is 3. The highest BCUT2D eigenvalue weighted by Crippen LogP contribution is 2.17. The van der Waals surface area contributed by atoms with Gasteiger partial charge in [0.05, 0.1) is 0 Å². The Hall–Kier alpha value is -1.59. The zero-order chi connectivity index (χ0) is 15.9. The van der Waals surface area contributed by atoms with Crippen LogP contribution in [0, 0.1) is 0 Å². The molecule has 1 saturated heterocycles. The fourth-order valence-electron chi connectivity index (χ4n) is 3.19. The fourth-order valence-corrected chi connectivity index (χ4v) is 3.19. The molecule has 22 heavy (non-hydrogen) atoms. The van der Waals surface area contributed by atoms with Crippen molar-refractivity contribution in [3.8, 4) is 0 Å². The van der Waals surface area contributed by atoms with Gasteiger partial charge >= 0.3 is 6.03 Å². The second-order valence-electron chi connectivity index (χ2n) is 6.40. The van der Waals surface area contributed by atoms with E-state index in [0.717, 1.165) is 12.8 Å². The van der Waals surface area contributed by atoms with Crippen LogP contribution in [0.25, 0.3) is 0 Å². The topological polar surface area (TPSA) is 69.7 Å². The predicted octanol–water partition coefficient (Wildman–Crippen LogP) is 1.89. The predicted molar refractivity (Wildman–Crippen MR) is 83.2 cm³/mol. The van der Waals surface area contributed by atoms with Crippen LogP contribution in [0.3, 0.4) is 0 Å². The maximum Gasteiger partial charge on any atom is 0.326 e. The van der Waals surface area contributed by atoms with Crippen LogP contribution in [-0.2, 0) is 9.59 Å². The van der Waals surface area contributed by atoms with E-state index in [0.29, 0.717) is 25.4 Å². The molecule has 0 atom stereocenters. The van der Waals surface area contributed by atoms with Crippen LogP contribution in [-0.4, -0.2) is 53.8 Å². The van der Waals surface area contributed by atoms with Crippen LogP contribution in [0.15, 0.2) is 0 Å². The van der Waals surface area contributed by atoms with Crippen LogP contribution in [0.1, 0.15) is 57.8 Å². The standard InChI is InChI=1S/C16H27N3O3/c1-18-12-15(21)19(16(18)22)11-7-10-14(20)17-13-8-5-3-2-4-6-9-13/h13H,2-12H2,1H3,(H,17,20). The van der Waals surface area contributed by atoms with E-state index in [-0.39, 0.29) is 24.4 Å². The van der Waals surface area contributed by atoms with E-state index in [1.165, 1.54) is 41.9 Å². The molecule has 1 saturated carbocycles. The zero-order valence-electron chi connectivity index (χ0n) is 13.5. The highest BCUT2D eigenvalue weighted by molar-refractivity contribution is 6.01. The molecule has 0 aromatic heterocycles. The summed E-state index contributed by atoms with van der Waals surface area (Å²) in [5, 5.41) is 3.11. The summed E-state index contributed by atoms with van der Waals surface area (Å²) in [6, 6.07) is 0.0411. The molecule has 124 valence electrons. The first-order valence-electron chi connectivity index (χ1n) is 8.43. The minimum atomic E-state index is -0.259. The van der Waals surface area contributed by atoms with E-state index in [2.05, 4.69) is 5.32 Å². The molecule has 0 radical (unpaired) electrons. The second-order valence-corrected chi connectivity index (χ2v) is 6.40. The van der Waals surface area contributed by atoms with Gasteiger partial charge in [-0.2, -0.15) is 0 Å². The van der Waals surface area contributed by atoms with Crippen molar-refractivity contribution in [3.05, 3.63) is 0 Å². The van der Waals surface area contributed by atoms with Gasteiger partial charge in [0.25, 0.3) is 0 Å². The molecule has 6 nitrogen and oxygen atoms in total. The number of likely N-dealkylation sites (N-methyl/N-ethyl adjacent to an activating group) is 1. The summed E-state index contributed by atoms with van der Waals surface area (Å²) in [5.41, 5.74) is 0. The number of rotatable bonds is 5. The van der Waals surface area contributed by atoms with E-state index >= 15 is 0 Å². The summed E-state index contributed by atoms with van der Waals surface area (Å²) in [6.45, 7) is 0.479. The molecule has 0 aromatic carbocycles. The Balaban J connectivity index is 1.67. The molecule has 0 unspecified atom stereocenters. The van der Waals surface area contributed by atoms with Gasteiger partial charge < -0.3 is 10.2 Å². The molecule has 2 rings (SSSR count). The summed E-state index contributed by atoms with van der Waals surface area (Å²) in [6.07, 6.45) is 9.26. The Morgan fingerprint density at radius 2 is 1.77 bits per heavy atom. The van der Waals surface area contributed by atoms with Gasteiger partial charge in [-0.3, -0.25) is 14.5 Å². The van der Waals surface area contributed by atoms with Gasteiger partial charge in [-0.15, -0.1) is 0 Å². The van der Waals surface area contributed by atoms with Gasteiger partial charge in [0.2, 0.25) is 11.8 Å². The average molecular weight is 309 g/mol. The van der Waals surface area contributed by atoms with Gasteiger partial charge in [0, 0.05) is 26.1 Å². The number of hydrogen-bond acceptors (Lipinski definition) is 3. The van der Waals surface area contributed by atoms with Crippen molar-refractivity contribution in [3.63, 3.8) is 0 Å². The van der Waals surface area contributed by atoms with Crippen molar-refractivity contribution in [2.24, 2.45) is 0 Å². The molecule has 1 heterocycles. The molecule has 0 spiro atoms. The quantitative estimate of drug-likeness (QED) is 0.788. The molecule has 2 fully saturated rings. The van der Waals surface area contributed by atoms with E-state index in [1.807, 2.05) is 0 Å². The molecule has 1 aliphatic heterocycles. The zero-order valence-corrected chi connectivity index (χ0v) is 13.5. The third kappa shape index (κ3) is 4.71. The first kappa shape index (κ1) is 16.8. The molecular weight excluding hydrogens is 282 g/mol. The Morgan fingerprint density at radius 3 is 2.36 bits per heavy atom. The Morgan fingerprint density at radius 1 is 1.14 bits per heavy atom. The van der Waals surface area contributed by atoms with E-state index in [4.69, 9.17) is 0 Å². The molecule has 1 N–H and O–H groups in total. The number of imide groups is 1. The Kier molecular flexibility index (Phi) is 6.21. The lowest BCUT2D eigenvalue weighted by Crippen LogP contribution is -2.36. The van der Waals surface area contributed by atoms with Gasteiger partial charge in [0.1, 0.15) is 6.54 Å². The fraction of sp³-hybridized carbons (Fsp3) is 0.812. The van der Waals surface area contributed by atoms with Crippen molar-refractivity contribution in [1.29, 1.82) is 0 Å². The van der Waals surface area contributed by atoms with E-state index < -0.39 is 0 Å². The number of nitrogens with one attached hydrogen (secondary N) is 1. The number of nitrogens with zero attached hydrogens (tertiary/aromatic N) is 2. The van der Waals surface area contributed by atoms with Gasteiger partial charge in [0.15, 0.2) is 0 Å². The number of amides is 4. The maximum atomic E-state index is 12.0. The minimum Gasteiger partial charge on any atom is -0.353 e.